The Morgan fingerprint density at radius 2 is 1.57 bits per heavy atom. The van der Waals surface area contributed by atoms with Gasteiger partial charge in [0, 0.05) is 23.7 Å². The highest BCUT2D eigenvalue weighted by atomic mass is 127. The van der Waals surface area contributed by atoms with E-state index in [9.17, 15) is 0 Å². The number of fused-ring (bicyclic) bond motifs is 3. The molecule has 2 heteroatoms. The molecule has 0 atom stereocenters. The van der Waals surface area contributed by atoms with Crippen LogP contribution >= 0.6 is 33.9 Å². The Balaban J connectivity index is 1.96. The molecule has 0 nitrogen and oxygen atoms in total. The van der Waals surface area contributed by atoms with Crippen molar-refractivity contribution in [1.29, 1.82) is 0 Å². The van der Waals surface area contributed by atoms with E-state index in [0.717, 1.165) is 6.42 Å². The molecule has 21 heavy (non-hydrogen) atoms. The highest BCUT2D eigenvalue weighted by molar-refractivity contribution is 14.1. The monoisotopic (exact) mass is 400 g/mol. The van der Waals surface area contributed by atoms with E-state index in [1.54, 1.807) is 0 Å². The molecule has 0 N–H and O–H groups in total. The molecule has 4 aromatic rings. The minimum atomic E-state index is 1.00. The molecule has 0 spiro atoms. The Morgan fingerprint density at radius 1 is 0.810 bits per heavy atom. The quantitative estimate of drug-likeness (QED) is 0.349. The van der Waals surface area contributed by atoms with E-state index in [2.05, 4.69) is 89.3 Å². The van der Waals surface area contributed by atoms with Gasteiger partial charge in [-0.15, -0.1) is 11.3 Å². The standard InChI is InChI=1S/C19H13IS/c20-16-11-10-14(12-13-6-2-1-3-7-13)19-18(16)15-8-4-5-9-17(15)21-19/h1-11H,12H2. The first-order chi connectivity index (χ1) is 10.3. The number of benzene rings is 3. The molecular formula is C19H13IS. The zero-order valence-electron chi connectivity index (χ0n) is 11.3. The minimum Gasteiger partial charge on any atom is -0.135 e. The van der Waals surface area contributed by atoms with Gasteiger partial charge in [-0.05, 0) is 52.3 Å². The van der Waals surface area contributed by atoms with Gasteiger partial charge >= 0.3 is 0 Å². The number of hydrogen-bond acceptors (Lipinski definition) is 1. The molecule has 0 amide bonds. The average molecular weight is 400 g/mol. The summed E-state index contributed by atoms with van der Waals surface area (Å²) in [5, 5.41) is 2.81. The molecule has 0 aliphatic heterocycles. The molecule has 0 aliphatic rings. The Kier molecular flexibility index (Phi) is 3.43. The Bertz CT molecular complexity index is 922. The summed E-state index contributed by atoms with van der Waals surface area (Å²) in [6, 6.07) is 24.0. The van der Waals surface area contributed by atoms with Crippen LogP contribution in [0, 0.1) is 3.57 Å². The second kappa shape index (κ2) is 5.43. The van der Waals surface area contributed by atoms with Crippen LogP contribution < -0.4 is 0 Å². The first-order valence-corrected chi connectivity index (χ1v) is 8.85. The van der Waals surface area contributed by atoms with Crippen molar-refractivity contribution in [3.8, 4) is 0 Å². The SMILES string of the molecule is Ic1ccc(Cc2ccccc2)c2sc3ccccc3c12. The molecule has 0 unspecified atom stereocenters. The molecule has 4 rings (SSSR count). The van der Waals surface area contributed by atoms with Crippen LogP contribution in [-0.4, -0.2) is 0 Å². The molecule has 0 saturated heterocycles. The summed E-state index contributed by atoms with van der Waals surface area (Å²) < 4.78 is 4.16. The van der Waals surface area contributed by atoms with Crippen molar-refractivity contribution in [2.75, 3.05) is 0 Å². The first-order valence-electron chi connectivity index (χ1n) is 6.95. The van der Waals surface area contributed by atoms with Crippen LogP contribution in [0.4, 0.5) is 0 Å². The van der Waals surface area contributed by atoms with E-state index in [0.29, 0.717) is 0 Å². The normalized spacial score (nSPS) is 11.3. The highest BCUT2D eigenvalue weighted by Gasteiger charge is 2.11. The maximum atomic E-state index is 2.46. The van der Waals surface area contributed by atoms with E-state index in [-0.39, 0.29) is 0 Å². The summed E-state index contributed by atoms with van der Waals surface area (Å²) in [5.41, 5.74) is 2.80. The van der Waals surface area contributed by atoms with Crippen molar-refractivity contribution >= 4 is 54.1 Å². The Morgan fingerprint density at radius 3 is 2.43 bits per heavy atom. The number of halogens is 1. The number of hydrogen-bond donors (Lipinski definition) is 0. The van der Waals surface area contributed by atoms with Crippen LogP contribution in [-0.2, 0) is 6.42 Å². The molecule has 1 aromatic heterocycles. The van der Waals surface area contributed by atoms with E-state index < -0.39 is 0 Å². The lowest BCUT2D eigenvalue weighted by Gasteiger charge is -2.05. The molecule has 0 bridgehead atoms. The molecular weight excluding hydrogens is 387 g/mol. The Labute approximate surface area is 141 Å². The largest absolute Gasteiger partial charge is 0.135 e. The topological polar surface area (TPSA) is 0 Å². The lowest BCUT2D eigenvalue weighted by molar-refractivity contribution is 1.22. The van der Waals surface area contributed by atoms with Crippen LogP contribution in [0.25, 0.3) is 20.2 Å². The highest BCUT2D eigenvalue weighted by Crippen LogP contribution is 2.39. The first kappa shape index (κ1) is 13.3. The second-order valence-electron chi connectivity index (χ2n) is 5.17. The third kappa shape index (κ3) is 2.36. The number of thiophene rings is 1. The van der Waals surface area contributed by atoms with Crippen LogP contribution in [0.3, 0.4) is 0 Å². The van der Waals surface area contributed by atoms with Crippen molar-refractivity contribution in [2.45, 2.75) is 6.42 Å². The lowest BCUT2D eigenvalue weighted by Crippen LogP contribution is -1.88. The molecule has 0 fully saturated rings. The fraction of sp³-hybridized carbons (Fsp3) is 0.0526. The van der Waals surface area contributed by atoms with Gasteiger partial charge in [0.15, 0.2) is 0 Å². The van der Waals surface area contributed by atoms with Gasteiger partial charge in [-0.25, -0.2) is 0 Å². The van der Waals surface area contributed by atoms with Gasteiger partial charge in [-0.1, -0.05) is 54.6 Å². The van der Waals surface area contributed by atoms with Crippen LogP contribution in [0.15, 0.2) is 66.7 Å². The van der Waals surface area contributed by atoms with Crippen molar-refractivity contribution in [2.24, 2.45) is 0 Å². The maximum absolute atomic E-state index is 2.46. The average Bonchev–Trinajstić information content (AvgIpc) is 2.92. The van der Waals surface area contributed by atoms with Gasteiger partial charge < -0.3 is 0 Å². The molecule has 3 aromatic carbocycles. The molecule has 0 saturated carbocycles. The fourth-order valence-corrected chi connectivity index (χ4v) is 4.96. The summed E-state index contributed by atoms with van der Waals surface area (Å²) in [6.45, 7) is 0. The van der Waals surface area contributed by atoms with Crippen molar-refractivity contribution in [1.82, 2.24) is 0 Å². The van der Waals surface area contributed by atoms with Gasteiger partial charge in [0.05, 0.1) is 0 Å². The smallest absolute Gasteiger partial charge is 0.0401 e. The zero-order chi connectivity index (χ0) is 14.2. The third-order valence-corrected chi connectivity index (χ3v) is 5.94. The third-order valence-electron chi connectivity index (χ3n) is 3.79. The van der Waals surface area contributed by atoms with Gasteiger partial charge in [-0.2, -0.15) is 0 Å². The maximum Gasteiger partial charge on any atom is 0.0401 e. The van der Waals surface area contributed by atoms with Crippen LogP contribution in [0.2, 0.25) is 0 Å². The van der Waals surface area contributed by atoms with E-state index in [4.69, 9.17) is 0 Å². The fourth-order valence-electron chi connectivity index (χ4n) is 2.80. The van der Waals surface area contributed by atoms with Crippen molar-refractivity contribution in [3.63, 3.8) is 0 Å². The predicted octanol–water partition coefficient (Wildman–Crippen LogP) is 6.25. The van der Waals surface area contributed by atoms with Crippen LogP contribution in [0.1, 0.15) is 11.1 Å². The summed E-state index contributed by atoms with van der Waals surface area (Å²) in [4.78, 5) is 0. The number of rotatable bonds is 2. The summed E-state index contributed by atoms with van der Waals surface area (Å²) in [7, 11) is 0. The second-order valence-corrected chi connectivity index (χ2v) is 7.39. The Hall–Kier alpha value is -1.39. The molecule has 0 aliphatic carbocycles. The lowest BCUT2D eigenvalue weighted by atomic mass is 10.0. The van der Waals surface area contributed by atoms with E-state index in [1.165, 1.54) is 34.9 Å². The minimum absolute atomic E-state index is 1.00. The van der Waals surface area contributed by atoms with Crippen molar-refractivity contribution in [3.05, 3.63) is 81.4 Å². The molecule has 0 radical (unpaired) electrons. The van der Waals surface area contributed by atoms with Gasteiger partial charge in [-0.3, -0.25) is 0 Å². The van der Waals surface area contributed by atoms with Gasteiger partial charge in [0.25, 0.3) is 0 Å². The van der Waals surface area contributed by atoms with E-state index in [1.807, 2.05) is 11.3 Å². The predicted molar refractivity (Wildman–Crippen MR) is 101 cm³/mol. The molecule has 1 heterocycles. The van der Waals surface area contributed by atoms with Crippen molar-refractivity contribution < 1.29 is 0 Å². The summed E-state index contributed by atoms with van der Waals surface area (Å²) in [6.07, 6.45) is 1.00. The zero-order valence-corrected chi connectivity index (χ0v) is 14.3. The van der Waals surface area contributed by atoms with Crippen LogP contribution in [0.5, 0.6) is 0 Å². The van der Waals surface area contributed by atoms with Gasteiger partial charge in [0.1, 0.15) is 0 Å². The van der Waals surface area contributed by atoms with Gasteiger partial charge in [0.2, 0.25) is 0 Å². The summed E-state index contributed by atoms with van der Waals surface area (Å²) in [5.74, 6) is 0. The molecule has 102 valence electrons. The summed E-state index contributed by atoms with van der Waals surface area (Å²) >= 11 is 4.37. The van der Waals surface area contributed by atoms with E-state index >= 15 is 0 Å².